The normalized spacial score (nSPS) is 38.7. The summed E-state index contributed by atoms with van der Waals surface area (Å²) in [6, 6.07) is 0.821. The van der Waals surface area contributed by atoms with Crippen LogP contribution in [-0.2, 0) is 9.47 Å². The number of nitrogens with one attached hydrogen (secondary N) is 1. The summed E-state index contributed by atoms with van der Waals surface area (Å²) in [5, 5.41) is 3.73. The Morgan fingerprint density at radius 1 is 1.17 bits per heavy atom. The van der Waals surface area contributed by atoms with E-state index in [2.05, 4.69) is 5.32 Å². The van der Waals surface area contributed by atoms with Gasteiger partial charge in [-0.05, 0) is 50.5 Å². The van der Waals surface area contributed by atoms with Crippen molar-refractivity contribution in [3.8, 4) is 0 Å². The van der Waals surface area contributed by atoms with Crippen LogP contribution in [0, 0.1) is 11.8 Å². The smallest absolute Gasteiger partial charge is 0.0809 e. The SMILES string of the molecule is C(CNC1CCC[C@H]2C[C@@H]12)COCC1CCCO1. The Morgan fingerprint density at radius 3 is 3.06 bits per heavy atom. The molecule has 2 aliphatic carbocycles. The highest BCUT2D eigenvalue weighted by Crippen LogP contribution is 2.49. The van der Waals surface area contributed by atoms with Gasteiger partial charge < -0.3 is 14.8 Å². The lowest BCUT2D eigenvalue weighted by Gasteiger charge is -2.22. The molecule has 0 aromatic carbocycles. The van der Waals surface area contributed by atoms with Crippen LogP contribution in [0.1, 0.15) is 44.9 Å². The lowest BCUT2D eigenvalue weighted by Crippen LogP contribution is -2.34. The monoisotopic (exact) mass is 253 g/mol. The molecular formula is C15H27NO2. The Labute approximate surface area is 111 Å². The molecule has 3 nitrogen and oxygen atoms in total. The highest BCUT2D eigenvalue weighted by atomic mass is 16.5. The molecule has 1 saturated heterocycles. The van der Waals surface area contributed by atoms with Crippen molar-refractivity contribution in [2.45, 2.75) is 57.1 Å². The quantitative estimate of drug-likeness (QED) is 0.707. The predicted octanol–water partition coefficient (Wildman–Crippen LogP) is 2.35. The average molecular weight is 253 g/mol. The summed E-state index contributed by atoms with van der Waals surface area (Å²) in [7, 11) is 0. The van der Waals surface area contributed by atoms with Crippen molar-refractivity contribution in [2.24, 2.45) is 11.8 Å². The first-order valence-corrected chi connectivity index (χ1v) is 7.86. The zero-order valence-electron chi connectivity index (χ0n) is 11.4. The molecule has 3 aliphatic rings. The molecule has 0 radical (unpaired) electrons. The van der Waals surface area contributed by atoms with Crippen molar-refractivity contribution in [2.75, 3.05) is 26.4 Å². The molecule has 0 bridgehead atoms. The van der Waals surface area contributed by atoms with Gasteiger partial charge in [0.2, 0.25) is 0 Å². The molecule has 0 amide bonds. The predicted molar refractivity (Wildman–Crippen MR) is 71.6 cm³/mol. The minimum Gasteiger partial charge on any atom is -0.379 e. The average Bonchev–Trinajstić information content (AvgIpc) is 3.01. The first-order chi connectivity index (χ1) is 8.93. The number of hydrogen-bond donors (Lipinski definition) is 1. The van der Waals surface area contributed by atoms with Crippen LogP contribution in [0.2, 0.25) is 0 Å². The molecule has 1 heterocycles. The Balaban J connectivity index is 1.18. The fourth-order valence-corrected chi connectivity index (χ4v) is 3.62. The lowest BCUT2D eigenvalue weighted by atomic mass is 9.95. The Hall–Kier alpha value is -0.120. The van der Waals surface area contributed by atoms with Gasteiger partial charge in [0.05, 0.1) is 12.7 Å². The first kappa shape index (κ1) is 12.9. The maximum Gasteiger partial charge on any atom is 0.0809 e. The molecule has 2 unspecified atom stereocenters. The maximum absolute atomic E-state index is 5.68. The Bertz CT molecular complexity index is 253. The van der Waals surface area contributed by atoms with Crippen LogP contribution in [-0.4, -0.2) is 38.5 Å². The fourth-order valence-electron chi connectivity index (χ4n) is 3.62. The molecule has 0 aromatic heterocycles. The van der Waals surface area contributed by atoms with Crippen molar-refractivity contribution < 1.29 is 9.47 Å². The minimum absolute atomic E-state index is 0.378. The number of ether oxygens (including phenoxy) is 2. The molecule has 2 saturated carbocycles. The second-order valence-corrected chi connectivity index (χ2v) is 6.21. The molecular weight excluding hydrogens is 226 g/mol. The van der Waals surface area contributed by atoms with Crippen LogP contribution in [0.3, 0.4) is 0 Å². The van der Waals surface area contributed by atoms with Gasteiger partial charge in [0, 0.05) is 19.3 Å². The molecule has 3 rings (SSSR count). The number of rotatable bonds is 7. The van der Waals surface area contributed by atoms with Crippen LogP contribution < -0.4 is 5.32 Å². The van der Waals surface area contributed by atoms with Gasteiger partial charge in [0.25, 0.3) is 0 Å². The molecule has 0 aromatic rings. The van der Waals surface area contributed by atoms with Gasteiger partial charge in [-0.2, -0.15) is 0 Å². The second-order valence-electron chi connectivity index (χ2n) is 6.21. The van der Waals surface area contributed by atoms with E-state index >= 15 is 0 Å². The van der Waals surface area contributed by atoms with Gasteiger partial charge in [-0.25, -0.2) is 0 Å². The summed E-state index contributed by atoms with van der Waals surface area (Å²) in [4.78, 5) is 0. The topological polar surface area (TPSA) is 30.5 Å². The van der Waals surface area contributed by atoms with Crippen LogP contribution >= 0.6 is 0 Å². The molecule has 18 heavy (non-hydrogen) atoms. The summed E-state index contributed by atoms with van der Waals surface area (Å²) in [6.45, 7) is 3.74. The third-order valence-corrected chi connectivity index (χ3v) is 4.78. The third kappa shape index (κ3) is 3.46. The molecule has 1 aliphatic heterocycles. The molecule has 3 fully saturated rings. The molecule has 4 atom stereocenters. The van der Waals surface area contributed by atoms with Gasteiger partial charge in [-0.1, -0.05) is 12.8 Å². The van der Waals surface area contributed by atoms with E-state index in [0.29, 0.717) is 6.10 Å². The summed E-state index contributed by atoms with van der Waals surface area (Å²) in [5.41, 5.74) is 0. The zero-order chi connectivity index (χ0) is 12.2. The van der Waals surface area contributed by atoms with E-state index in [4.69, 9.17) is 9.47 Å². The van der Waals surface area contributed by atoms with Crippen molar-refractivity contribution in [1.82, 2.24) is 5.32 Å². The largest absolute Gasteiger partial charge is 0.379 e. The van der Waals surface area contributed by atoms with E-state index in [-0.39, 0.29) is 0 Å². The van der Waals surface area contributed by atoms with E-state index in [9.17, 15) is 0 Å². The molecule has 3 heteroatoms. The van der Waals surface area contributed by atoms with Gasteiger partial charge in [-0.15, -0.1) is 0 Å². The van der Waals surface area contributed by atoms with E-state index in [1.807, 2.05) is 0 Å². The van der Waals surface area contributed by atoms with Crippen LogP contribution in [0.15, 0.2) is 0 Å². The van der Waals surface area contributed by atoms with E-state index in [1.165, 1.54) is 38.5 Å². The Kier molecular flexibility index (Phi) is 4.55. The van der Waals surface area contributed by atoms with E-state index < -0.39 is 0 Å². The maximum atomic E-state index is 5.68. The zero-order valence-corrected chi connectivity index (χ0v) is 11.4. The van der Waals surface area contributed by atoms with Crippen LogP contribution in [0.4, 0.5) is 0 Å². The number of hydrogen-bond acceptors (Lipinski definition) is 3. The second kappa shape index (κ2) is 6.36. The fraction of sp³-hybridized carbons (Fsp3) is 1.00. The molecule has 1 N–H and O–H groups in total. The molecule has 0 spiro atoms. The summed E-state index contributed by atoms with van der Waals surface area (Å²) in [6.07, 6.45) is 9.74. The highest BCUT2D eigenvalue weighted by Gasteiger charge is 2.44. The highest BCUT2D eigenvalue weighted by molar-refractivity contribution is 4.98. The molecule has 104 valence electrons. The van der Waals surface area contributed by atoms with E-state index in [1.54, 1.807) is 0 Å². The van der Waals surface area contributed by atoms with Crippen LogP contribution in [0.25, 0.3) is 0 Å². The Morgan fingerprint density at radius 2 is 2.17 bits per heavy atom. The van der Waals surface area contributed by atoms with Crippen molar-refractivity contribution in [3.63, 3.8) is 0 Å². The lowest BCUT2D eigenvalue weighted by molar-refractivity contribution is 0.0164. The summed E-state index contributed by atoms with van der Waals surface area (Å²) in [5.74, 6) is 2.10. The van der Waals surface area contributed by atoms with Gasteiger partial charge in [-0.3, -0.25) is 0 Å². The van der Waals surface area contributed by atoms with Crippen molar-refractivity contribution in [3.05, 3.63) is 0 Å². The number of fused-ring (bicyclic) bond motifs is 1. The first-order valence-electron chi connectivity index (χ1n) is 7.86. The third-order valence-electron chi connectivity index (χ3n) is 4.78. The van der Waals surface area contributed by atoms with Gasteiger partial charge in [0.1, 0.15) is 0 Å². The van der Waals surface area contributed by atoms with Crippen LogP contribution in [0.5, 0.6) is 0 Å². The van der Waals surface area contributed by atoms with Crippen molar-refractivity contribution in [1.29, 1.82) is 0 Å². The summed E-state index contributed by atoms with van der Waals surface area (Å²) >= 11 is 0. The minimum atomic E-state index is 0.378. The standard InChI is InChI=1S/C15H27NO2/c1-4-12-10-14(12)15(6-1)16-7-3-8-17-11-13-5-2-9-18-13/h12-16H,1-11H2/t12-,13?,14+,15?/m0/s1. The van der Waals surface area contributed by atoms with E-state index in [0.717, 1.165) is 50.7 Å². The van der Waals surface area contributed by atoms with Gasteiger partial charge in [0.15, 0.2) is 0 Å². The summed E-state index contributed by atoms with van der Waals surface area (Å²) < 4.78 is 11.2. The van der Waals surface area contributed by atoms with Crippen molar-refractivity contribution >= 4 is 0 Å². The van der Waals surface area contributed by atoms with Gasteiger partial charge >= 0.3 is 0 Å².